The average molecular weight is 356 g/mol. The first-order valence-electron chi connectivity index (χ1n) is 8.91. The summed E-state index contributed by atoms with van der Waals surface area (Å²) in [5.41, 5.74) is 8.88. The van der Waals surface area contributed by atoms with Crippen LogP contribution in [0.1, 0.15) is 29.2 Å². The third-order valence-corrected chi connectivity index (χ3v) is 4.29. The summed E-state index contributed by atoms with van der Waals surface area (Å²) in [6.45, 7) is 4.69. The molecule has 0 atom stereocenters. The Labute approximate surface area is 158 Å². The van der Waals surface area contributed by atoms with Crippen LogP contribution in [0.5, 0.6) is 5.75 Å². The van der Waals surface area contributed by atoms with Gasteiger partial charge in [-0.25, -0.2) is 4.99 Å². The SMILES string of the molecule is CCOc1ccc(C2=NNC(c3cccnc3)=Nc3ccc(C)cc32)cc1. The number of ether oxygens (including phenoxy) is 1. The van der Waals surface area contributed by atoms with Gasteiger partial charge in [0.15, 0.2) is 5.84 Å². The molecule has 0 fully saturated rings. The van der Waals surface area contributed by atoms with Gasteiger partial charge in [-0.05, 0) is 62.4 Å². The number of hydrogen-bond donors (Lipinski definition) is 1. The normalized spacial score (nSPS) is 13.0. The van der Waals surface area contributed by atoms with Crippen LogP contribution in [0.2, 0.25) is 0 Å². The number of nitrogens with one attached hydrogen (secondary N) is 1. The fourth-order valence-electron chi connectivity index (χ4n) is 2.98. The lowest BCUT2D eigenvalue weighted by Gasteiger charge is -2.10. The van der Waals surface area contributed by atoms with Gasteiger partial charge in [-0.2, -0.15) is 5.10 Å². The van der Waals surface area contributed by atoms with Crippen LogP contribution >= 0.6 is 0 Å². The van der Waals surface area contributed by atoms with Crippen LogP contribution in [-0.4, -0.2) is 23.1 Å². The third kappa shape index (κ3) is 3.58. The van der Waals surface area contributed by atoms with E-state index in [2.05, 4.69) is 34.6 Å². The first-order valence-corrected chi connectivity index (χ1v) is 8.91. The maximum atomic E-state index is 5.55. The van der Waals surface area contributed by atoms with Gasteiger partial charge in [-0.15, -0.1) is 0 Å². The Balaban J connectivity index is 1.80. The average Bonchev–Trinajstić information content (AvgIpc) is 2.89. The quantitative estimate of drug-likeness (QED) is 0.761. The Hall–Kier alpha value is -3.47. The Morgan fingerprint density at radius 2 is 1.85 bits per heavy atom. The van der Waals surface area contributed by atoms with Crippen molar-refractivity contribution in [1.29, 1.82) is 0 Å². The zero-order valence-electron chi connectivity index (χ0n) is 15.3. The number of nitrogens with zero attached hydrogens (tertiary/aromatic N) is 3. The van der Waals surface area contributed by atoms with Crippen molar-refractivity contribution in [1.82, 2.24) is 10.4 Å². The molecule has 3 aromatic rings. The lowest BCUT2D eigenvalue weighted by Crippen LogP contribution is -2.19. The summed E-state index contributed by atoms with van der Waals surface area (Å²) in [6.07, 6.45) is 3.52. The maximum Gasteiger partial charge on any atom is 0.155 e. The van der Waals surface area contributed by atoms with Crippen molar-refractivity contribution in [2.24, 2.45) is 10.1 Å². The molecular formula is C22H20N4O. The van der Waals surface area contributed by atoms with E-state index in [4.69, 9.17) is 9.73 Å². The molecular weight excluding hydrogens is 336 g/mol. The molecule has 2 heterocycles. The number of fused-ring (bicyclic) bond motifs is 1. The minimum atomic E-state index is 0.645. The molecule has 134 valence electrons. The second-order valence-electron chi connectivity index (χ2n) is 6.25. The number of benzene rings is 2. The van der Waals surface area contributed by atoms with E-state index in [0.717, 1.165) is 39.4 Å². The Bertz CT molecular complexity index is 1010. The number of aryl methyl sites for hydroxylation is 1. The van der Waals surface area contributed by atoms with Gasteiger partial charge in [0.2, 0.25) is 0 Å². The fraction of sp³-hybridized carbons (Fsp3) is 0.136. The van der Waals surface area contributed by atoms with E-state index < -0.39 is 0 Å². The summed E-state index contributed by atoms with van der Waals surface area (Å²) in [5.74, 6) is 1.52. The minimum Gasteiger partial charge on any atom is -0.494 e. The molecule has 1 N–H and O–H groups in total. The molecule has 4 rings (SSSR count). The van der Waals surface area contributed by atoms with Crippen molar-refractivity contribution in [3.63, 3.8) is 0 Å². The summed E-state index contributed by atoms with van der Waals surface area (Å²) < 4.78 is 5.55. The highest BCUT2D eigenvalue weighted by molar-refractivity contribution is 6.18. The molecule has 0 amide bonds. The monoisotopic (exact) mass is 356 g/mol. The van der Waals surface area contributed by atoms with Gasteiger partial charge in [0, 0.05) is 29.1 Å². The van der Waals surface area contributed by atoms with Gasteiger partial charge >= 0.3 is 0 Å². The number of pyridine rings is 1. The van der Waals surface area contributed by atoms with Crippen LogP contribution in [0, 0.1) is 6.92 Å². The lowest BCUT2D eigenvalue weighted by atomic mass is 9.99. The first-order chi connectivity index (χ1) is 13.2. The Morgan fingerprint density at radius 3 is 2.59 bits per heavy atom. The molecule has 0 radical (unpaired) electrons. The molecule has 5 heteroatoms. The van der Waals surface area contributed by atoms with E-state index in [-0.39, 0.29) is 0 Å². The summed E-state index contributed by atoms with van der Waals surface area (Å²) in [5, 5.41) is 4.68. The number of hydrazone groups is 1. The third-order valence-electron chi connectivity index (χ3n) is 4.29. The minimum absolute atomic E-state index is 0.645. The number of amidine groups is 1. The number of aliphatic imine (C=N–C) groups is 1. The van der Waals surface area contributed by atoms with Gasteiger partial charge in [0.1, 0.15) is 5.75 Å². The molecule has 5 nitrogen and oxygen atoms in total. The summed E-state index contributed by atoms with van der Waals surface area (Å²) in [7, 11) is 0. The van der Waals surface area contributed by atoms with Crippen molar-refractivity contribution in [3.05, 3.63) is 89.2 Å². The Morgan fingerprint density at radius 1 is 1.00 bits per heavy atom. The van der Waals surface area contributed by atoms with Gasteiger partial charge in [0.25, 0.3) is 0 Å². The van der Waals surface area contributed by atoms with Crippen molar-refractivity contribution in [3.8, 4) is 5.75 Å². The molecule has 0 saturated carbocycles. The van der Waals surface area contributed by atoms with E-state index in [1.54, 1.807) is 12.4 Å². The molecule has 0 bridgehead atoms. The predicted molar refractivity (Wildman–Crippen MR) is 108 cm³/mol. The molecule has 0 spiro atoms. The lowest BCUT2D eigenvalue weighted by molar-refractivity contribution is 0.340. The second-order valence-corrected chi connectivity index (χ2v) is 6.25. The highest BCUT2D eigenvalue weighted by Gasteiger charge is 2.17. The summed E-state index contributed by atoms with van der Waals surface area (Å²) in [6, 6.07) is 18.0. The van der Waals surface area contributed by atoms with Gasteiger partial charge in [-0.3, -0.25) is 10.4 Å². The topological polar surface area (TPSA) is 58.9 Å². The maximum absolute atomic E-state index is 5.55. The largest absolute Gasteiger partial charge is 0.494 e. The van der Waals surface area contributed by atoms with Crippen molar-refractivity contribution >= 4 is 17.2 Å². The zero-order chi connectivity index (χ0) is 18.6. The second kappa shape index (κ2) is 7.41. The van der Waals surface area contributed by atoms with Gasteiger partial charge in [-0.1, -0.05) is 11.6 Å². The van der Waals surface area contributed by atoms with Crippen molar-refractivity contribution in [2.75, 3.05) is 6.61 Å². The number of rotatable bonds is 4. The molecule has 0 saturated heterocycles. The molecule has 0 aliphatic carbocycles. The van der Waals surface area contributed by atoms with Crippen LogP contribution in [0.4, 0.5) is 5.69 Å². The molecule has 1 aromatic heterocycles. The van der Waals surface area contributed by atoms with Crippen LogP contribution in [0.25, 0.3) is 0 Å². The molecule has 1 aliphatic heterocycles. The molecule has 1 aliphatic rings. The zero-order valence-corrected chi connectivity index (χ0v) is 15.3. The van der Waals surface area contributed by atoms with Gasteiger partial charge in [0.05, 0.1) is 18.0 Å². The van der Waals surface area contributed by atoms with Gasteiger partial charge < -0.3 is 4.74 Å². The van der Waals surface area contributed by atoms with E-state index >= 15 is 0 Å². The summed E-state index contributed by atoms with van der Waals surface area (Å²) >= 11 is 0. The van der Waals surface area contributed by atoms with E-state index in [1.807, 2.05) is 49.4 Å². The highest BCUT2D eigenvalue weighted by atomic mass is 16.5. The molecule has 27 heavy (non-hydrogen) atoms. The van der Waals surface area contributed by atoms with E-state index in [0.29, 0.717) is 12.4 Å². The van der Waals surface area contributed by atoms with E-state index in [1.165, 1.54) is 0 Å². The van der Waals surface area contributed by atoms with Crippen molar-refractivity contribution in [2.45, 2.75) is 13.8 Å². The molecule has 0 unspecified atom stereocenters. The fourth-order valence-corrected chi connectivity index (χ4v) is 2.98. The van der Waals surface area contributed by atoms with Crippen LogP contribution < -0.4 is 10.2 Å². The standard InChI is InChI=1S/C22H20N4O/c1-3-27-18-9-7-16(8-10-18)21-19-13-15(2)6-11-20(19)24-22(26-25-21)17-5-4-12-23-14-17/h4-14H,3H2,1-2H3,(H,24,26). The van der Waals surface area contributed by atoms with Crippen molar-refractivity contribution < 1.29 is 4.74 Å². The number of hydrogen-bond acceptors (Lipinski definition) is 5. The predicted octanol–water partition coefficient (Wildman–Crippen LogP) is 4.22. The van der Waals surface area contributed by atoms with E-state index in [9.17, 15) is 0 Å². The Kier molecular flexibility index (Phi) is 4.66. The molecule has 2 aromatic carbocycles. The smallest absolute Gasteiger partial charge is 0.155 e. The highest BCUT2D eigenvalue weighted by Crippen LogP contribution is 2.27. The van der Waals surface area contributed by atoms with Crippen LogP contribution in [-0.2, 0) is 0 Å². The van der Waals surface area contributed by atoms with Crippen LogP contribution in [0.3, 0.4) is 0 Å². The number of aromatic nitrogens is 1. The van der Waals surface area contributed by atoms with Crippen LogP contribution in [0.15, 0.2) is 77.1 Å². The first kappa shape index (κ1) is 17.0. The summed E-state index contributed by atoms with van der Waals surface area (Å²) in [4.78, 5) is 8.98.